The van der Waals surface area contributed by atoms with Crippen LogP contribution in [0.5, 0.6) is 0 Å². The van der Waals surface area contributed by atoms with Crippen LogP contribution in [0.4, 0.5) is 0 Å². The summed E-state index contributed by atoms with van der Waals surface area (Å²) in [6, 6.07) is 8.57. The molecule has 0 aromatic heterocycles. The van der Waals surface area contributed by atoms with Crippen molar-refractivity contribution < 1.29 is 4.55 Å². The summed E-state index contributed by atoms with van der Waals surface area (Å²) in [5, 5.41) is 0. The highest BCUT2D eigenvalue weighted by Crippen LogP contribution is 2.07. The van der Waals surface area contributed by atoms with E-state index >= 15 is 0 Å². The van der Waals surface area contributed by atoms with Crippen molar-refractivity contribution >= 4 is 12.0 Å². The van der Waals surface area contributed by atoms with Crippen molar-refractivity contribution in [2.45, 2.75) is 19.8 Å². The van der Waals surface area contributed by atoms with E-state index in [9.17, 15) is 0 Å². The van der Waals surface area contributed by atoms with Gasteiger partial charge >= 0.3 is 0 Å². The van der Waals surface area contributed by atoms with E-state index in [-0.39, 0.29) is 0 Å². The van der Waals surface area contributed by atoms with Crippen LogP contribution in [0.1, 0.15) is 18.1 Å². The first-order valence-electron chi connectivity index (χ1n) is 4.21. The van der Waals surface area contributed by atoms with Gasteiger partial charge < -0.3 is 4.55 Å². The van der Waals surface area contributed by atoms with Gasteiger partial charge in [-0.2, -0.15) is 0 Å². The summed E-state index contributed by atoms with van der Waals surface area (Å²) in [5.74, 6) is 0.783. The predicted molar refractivity (Wildman–Crippen MR) is 54.6 cm³/mol. The molecule has 0 aliphatic rings. The Kier molecular flexibility index (Phi) is 4.19. The molecule has 66 valence electrons. The fraction of sp³-hybridized carbons (Fsp3) is 0.400. The second-order valence-corrected chi connectivity index (χ2v) is 3.42. The van der Waals surface area contributed by atoms with Crippen molar-refractivity contribution in [3.8, 4) is 0 Å². The van der Waals surface area contributed by atoms with Crippen LogP contribution in [0, 0.1) is 0 Å². The van der Waals surface area contributed by atoms with Crippen LogP contribution >= 0.6 is 12.0 Å². The van der Waals surface area contributed by atoms with Crippen molar-refractivity contribution in [1.29, 1.82) is 0 Å². The maximum absolute atomic E-state index is 8.55. The number of rotatable bonds is 4. The molecule has 1 aromatic rings. The monoisotopic (exact) mass is 182 g/mol. The zero-order chi connectivity index (χ0) is 8.81. The van der Waals surface area contributed by atoms with Crippen LogP contribution in [0.25, 0.3) is 0 Å². The smallest absolute Gasteiger partial charge is 0.0235 e. The molecule has 0 amide bonds. The molecule has 0 saturated carbocycles. The molecule has 0 aliphatic heterocycles. The van der Waals surface area contributed by atoms with E-state index in [1.54, 1.807) is 0 Å². The summed E-state index contributed by atoms with van der Waals surface area (Å²) in [4.78, 5) is 0. The molecule has 1 nitrogen and oxygen atoms in total. The standard InChI is InChI=1S/C10H14OS/c1-2-9-3-5-10(6-4-9)7-8-12-11/h3-6,11H,2,7-8H2,1H3. The summed E-state index contributed by atoms with van der Waals surface area (Å²) in [6.45, 7) is 2.15. The molecule has 0 aliphatic carbocycles. The Labute approximate surface area is 78.0 Å². The molecule has 1 N–H and O–H groups in total. The van der Waals surface area contributed by atoms with Gasteiger partial charge in [-0.1, -0.05) is 31.2 Å². The highest BCUT2D eigenvalue weighted by Gasteiger charge is 1.92. The Bertz CT molecular complexity index is 218. The van der Waals surface area contributed by atoms with Gasteiger partial charge in [0, 0.05) is 5.75 Å². The van der Waals surface area contributed by atoms with E-state index in [1.165, 1.54) is 11.1 Å². The third-order valence-electron chi connectivity index (χ3n) is 1.91. The first kappa shape index (κ1) is 9.62. The molecule has 1 rings (SSSR count). The second-order valence-electron chi connectivity index (χ2n) is 2.75. The zero-order valence-electron chi connectivity index (χ0n) is 7.29. The van der Waals surface area contributed by atoms with E-state index in [1.807, 2.05) is 0 Å². The normalized spacial score (nSPS) is 10.2. The molecule has 0 spiro atoms. The van der Waals surface area contributed by atoms with Crippen molar-refractivity contribution in [3.05, 3.63) is 35.4 Å². The lowest BCUT2D eigenvalue weighted by atomic mass is 10.1. The summed E-state index contributed by atoms with van der Waals surface area (Å²) in [7, 11) is 0. The lowest BCUT2D eigenvalue weighted by molar-refractivity contribution is 0.663. The van der Waals surface area contributed by atoms with E-state index in [2.05, 4.69) is 31.2 Å². The summed E-state index contributed by atoms with van der Waals surface area (Å²) in [6.07, 6.45) is 2.04. The Hall–Kier alpha value is -0.470. The molecule has 0 heterocycles. The summed E-state index contributed by atoms with van der Waals surface area (Å²) >= 11 is 0.906. The van der Waals surface area contributed by atoms with Gasteiger partial charge in [-0.25, -0.2) is 0 Å². The van der Waals surface area contributed by atoms with Gasteiger partial charge in [-0.3, -0.25) is 0 Å². The lowest BCUT2D eigenvalue weighted by Crippen LogP contribution is -1.88. The van der Waals surface area contributed by atoms with Crippen molar-refractivity contribution in [2.75, 3.05) is 5.75 Å². The van der Waals surface area contributed by atoms with Crippen molar-refractivity contribution in [2.24, 2.45) is 0 Å². The van der Waals surface area contributed by atoms with Crippen LogP contribution in [0.15, 0.2) is 24.3 Å². The van der Waals surface area contributed by atoms with Gasteiger partial charge in [0.05, 0.1) is 0 Å². The summed E-state index contributed by atoms with van der Waals surface area (Å²) in [5.41, 5.74) is 2.67. The molecule has 0 saturated heterocycles. The Morgan fingerprint density at radius 1 is 1.17 bits per heavy atom. The van der Waals surface area contributed by atoms with E-state index in [0.29, 0.717) is 0 Å². The van der Waals surface area contributed by atoms with Crippen molar-refractivity contribution in [1.82, 2.24) is 0 Å². The van der Waals surface area contributed by atoms with Crippen LogP contribution in [-0.2, 0) is 12.8 Å². The predicted octanol–water partition coefficient (Wildman–Crippen LogP) is 3.00. The third-order valence-corrected chi connectivity index (χ3v) is 2.30. The average Bonchev–Trinajstić information content (AvgIpc) is 2.15. The van der Waals surface area contributed by atoms with Gasteiger partial charge in [-0.15, -0.1) is 0 Å². The second kappa shape index (κ2) is 5.22. The highest BCUT2D eigenvalue weighted by molar-refractivity contribution is 7.93. The average molecular weight is 182 g/mol. The Balaban J connectivity index is 2.53. The van der Waals surface area contributed by atoms with Gasteiger partial charge in [0.15, 0.2) is 0 Å². The van der Waals surface area contributed by atoms with Crippen LogP contribution in [-0.4, -0.2) is 10.3 Å². The molecule has 0 radical (unpaired) electrons. The lowest BCUT2D eigenvalue weighted by Gasteiger charge is -2.00. The van der Waals surface area contributed by atoms with E-state index in [4.69, 9.17) is 4.55 Å². The van der Waals surface area contributed by atoms with Crippen molar-refractivity contribution in [3.63, 3.8) is 0 Å². The molecule has 0 fully saturated rings. The molecule has 1 aromatic carbocycles. The number of hydrogen-bond donors (Lipinski definition) is 1. The molecule has 2 heteroatoms. The van der Waals surface area contributed by atoms with E-state index in [0.717, 1.165) is 30.6 Å². The minimum atomic E-state index is 0.783. The fourth-order valence-electron chi connectivity index (χ4n) is 1.11. The van der Waals surface area contributed by atoms with Gasteiger partial charge in [0.1, 0.15) is 0 Å². The SMILES string of the molecule is CCc1ccc(CCSO)cc1. The molecular weight excluding hydrogens is 168 g/mol. The summed E-state index contributed by atoms with van der Waals surface area (Å²) < 4.78 is 8.55. The van der Waals surface area contributed by atoms with Crippen LogP contribution in [0.2, 0.25) is 0 Å². The quantitative estimate of drug-likeness (QED) is 0.722. The topological polar surface area (TPSA) is 20.2 Å². The molecule has 0 atom stereocenters. The molecule has 0 unspecified atom stereocenters. The Morgan fingerprint density at radius 3 is 2.25 bits per heavy atom. The first-order valence-corrected chi connectivity index (χ1v) is 5.15. The van der Waals surface area contributed by atoms with Gasteiger partial charge in [-0.05, 0) is 36.0 Å². The minimum Gasteiger partial charge on any atom is -0.330 e. The minimum absolute atomic E-state index is 0.783. The first-order chi connectivity index (χ1) is 5.86. The Morgan fingerprint density at radius 2 is 1.75 bits per heavy atom. The largest absolute Gasteiger partial charge is 0.330 e. The molecule has 0 bridgehead atoms. The number of aryl methyl sites for hydroxylation is 2. The van der Waals surface area contributed by atoms with Crippen LogP contribution < -0.4 is 0 Å². The van der Waals surface area contributed by atoms with E-state index < -0.39 is 0 Å². The maximum Gasteiger partial charge on any atom is 0.0235 e. The zero-order valence-corrected chi connectivity index (χ0v) is 8.10. The van der Waals surface area contributed by atoms with Crippen LogP contribution in [0.3, 0.4) is 0 Å². The van der Waals surface area contributed by atoms with Gasteiger partial charge in [0.25, 0.3) is 0 Å². The molecular formula is C10H14OS. The number of hydrogen-bond acceptors (Lipinski definition) is 2. The fourth-order valence-corrected chi connectivity index (χ4v) is 1.43. The number of benzene rings is 1. The third kappa shape index (κ3) is 2.88. The maximum atomic E-state index is 8.55. The molecule has 12 heavy (non-hydrogen) atoms. The van der Waals surface area contributed by atoms with Gasteiger partial charge in [0.2, 0.25) is 0 Å². The highest BCUT2D eigenvalue weighted by atomic mass is 32.2.